The molecule has 0 saturated heterocycles. The van der Waals surface area contributed by atoms with Crippen LogP contribution in [0, 0.1) is 0 Å². The van der Waals surface area contributed by atoms with E-state index in [0.717, 1.165) is 44.9 Å². The zero-order valence-electron chi connectivity index (χ0n) is 14.2. The summed E-state index contributed by atoms with van der Waals surface area (Å²) in [7, 11) is 0. The van der Waals surface area contributed by atoms with Crippen molar-refractivity contribution >= 4 is 0 Å². The summed E-state index contributed by atoms with van der Waals surface area (Å²) in [5.74, 6) is 0.627. The number of phenolic OH excluding ortho intramolecular Hbond substituents is 2. The van der Waals surface area contributed by atoms with E-state index in [1.165, 1.54) is 0 Å². The first kappa shape index (κ1) is 19.1. The highest BCUT2D eigenvalue weighted by Gasteiger charge is 2.18. The Morgan fingerprint density at radius 1 is 1.00 bits per heavy atom. The molecule has 0 aliphatic rings. The van der Waals surface area contributed by atoms with E-state index in [1.54, 1.807) is 18.2 Å². The summed E-state index contributed by atoms with van der Waals surface area (Å²) < 4.78 is 0. The minimum atomic E-state index is 0.206. The lowest BCUT2D eigenvalue weighted by Gasteiger charge is -2.19. The van der Waals surface area contributed by atoms with Crippen LogP contribution in [0.15, 0.2) is 55.2 Å². The van der Waals surface area contributed by atoms with E-state index < -0.39 is 0 Å². The number of benzene rings is 1. The van der Waals surface area contributed by atoms with Gasteiger partial charge in [-0.15, -0.1) is 6.58 Å². The van der Waals surface area contributed by atoms with Gasteiger partial charge in [0.2, 0.25) is 0 Å². The molecule has 1 aromatic rings. The van der Waals surface area contributed by atoms with Crippen LogP contribution in [0.5, 0.6) is 11.5 Å². The maximum Gasteiger partial charge on any atom is 0.122 e. The van der Waals surface area contributed by atoms with Crippen LogP contribution in [0.2, 0.25) is 0 Å². The fourth-order valence-electron chi connectivity index (χ4n) is 2.72. The van der Waals surface area contributed by atoms with Crippen molar-refractivity contribution in [1.82, 2.24) is 0 Å². The average molecular weight is 314 g/mol. The molecule has 0 radical (unpaired) electrons. The summed E-state index contributed by atoms with van der Waals surface area (Å²) in [6.45, 7) is 5.85. The van der Waals surface area contributed by atoms with Crippen molar-refractivity contribution in [2.24, 2.45) is 0 Å². The summed E-state index contributed by atoms with van der Waals surface area (Å²) in [4.78, 5) is 0. The first-order valence-corrected chi connectivity index (χ1v) is 8.62. The zero-order chi connectivity index (χ0) is 16.9. The Morgan fingerprint density at radius 2 is 1.65 bits per heavy atom. The first-order chi connectivity index (χ1) is 11.2. The quantitative estimate of drug-likeness (QED) is 0.475. The Hall–Kier alpha value is -1.96. The van der Waals surface area contributed by atoms with Gasteiger partial charge in [0.25, 0.3) is 0 Å². The van der Waals surface area contributed by atoms with Crippen LogP contribution >= 0.6 is 0 Å². The monoisotopic (exact) mass is 314 g/mol. The van der Waals surface area contributed by atoms with E-state index >= 15 is 0 Å². The lowest BCUT2D eigenvalue weighted by atomic mass is 9.88. The summed E-state index contributed by atoms with van der Waals surface area (Å²) in [6, 6.07) is 5.00. The van der Waals surface area contributed by atoms with Gasteiger partial charge in [0.1, 0.15) is 11.5 Å². The Morgan fingerprint density at radius 3 is 2.30 bits per heavy atom. The number of rotatable bonds is 11. The largest absolute Gasteiger partial charge is 0.508 e. The number of phenols is 2. The second-order valence-corrected chi connectivity index (χ2v) is 5.83. The van der Waals surface area contributed by atoms with E-state index in [0.29, 0.717) is 5.56 Å². The van der Waals surface area contributed by atoms with Crippen LogP contribution < -0.4 is 0 Å². The number of allylic oxidation sites excluding steroid dienone is 5. The summed E-state index contributed by atoms with van der Waals surface area (Å²) in [5.41, 5.74) is 0.709. The van der Waals surface area contributed by atoms with Gasteiger partial charge in [-0.05, 0) is 50.2 Å². The van der Waals surface area contributed by atoms with Crippen LogP contribution in [-0.4, -0.2) is 10.2 Å². The molecule has 0 fully saturated rings. The molecule has 23 heavy (non-hydrogen) atoms. The van der Waals surface area contributed by atoms with Crippen molar-refractivity contribution in [3.05, 3.63) is 60.7 Å². The first-order valence-electron chi connectivity index (χ1n) is 8.62. The van der Waals surface area contributed by atoms with E-state index in [9.17, 15) is 10.2 Å². The fraction of sp³-hybridized carbons (Fsp3) is 0.429. The van der Waals surface area contributed by atoms with Crippen molar-refractivity contribution in [3.63, 3.8) is 0 Å². The van der Waals surface area contributed by atoms with Crippen molar-refractivity contribution in [2.45, 2.75) is 57.8 Å². The lowest BCUT2D eigenvalue weighted by molar-refractivity contribution is 0.416. The highest BCUT2D eigenvalue weighted by Crippen LogP contribution is 2.39. The average Bonchev–Trinajstić information content (AvgIpc) is 2.54. The summed E-state index contributed by atoms with van der Waals surface area (Å²) in [6.07, 6.45) is 17.5. The molecule has 1 aromatic carbocycles. The van der Waals surface area contributed by atoms with Gasteiger partial charge >= 0.3 is 0 Å². The molecule has 2 heteroatoms. The highest BCUT2D eigenvalue weighted by molar-refractivity contribution is 5.45. The van der Waals surface area contributed by atoms with Crippen LogP contribution in [-0.2, 0) is 0 Å². The molecule has 0 heterocycles. The molecular weight excluding hydrogens is 284 g/mol. The molecule has 1 rings (SSSR count). The number of hydrogen-bond donors (Lipinski definition) is 2. The van der Waals surface area contributed by atoms with Crippen molar-refractivity contribution in [1.29, 1.82) is 0 Å². The van der Waals surface area contributed by atoms with Crippen molar-refractivity contribution < 1.29 is 10.2 Å². The Kier molecular flexibility index (Phi) is 9.62. The van der Waals surface area contributed by atoms with Gasteiger partial charge in [-0.1, -0.05) is 56.2 Å². The number of hydrogen-bond acceptors (Lipinski definition) is 2. The Labute approximate surface area is 140 Å². The summed E-state index contributed by atoms with van der Waals surface area (Å²) in [5, 5.41) is 20.2. The van der Waals surface area contributed by atoms with Gasteiger partial charge in [0.15, 0.2) is 0 Å². The van der Waals surface area contributed by atoms with Crippen LogP contribution in [0.3, 0.4) is 0 Å². The molecule has 0 amide bonds. The normalized spacial score (nSPS) is 12.9. The van der Waals surface area contributed by atoms with Gasteiger partial charge < -0.3 is 10.2 Å². The third-order valence-electron chi connectivity index (χ3n) is 3.96. The van der Waals surface area contributed by atoms with Crippen LogP contribution in [0.25, 0.3) is 0 Å². The van der Waals surface area contributed by atoms with Crippen molar-refractivity contribution in [2.75, 3.05) is 0 Å². The van der Waals surface area contributed by atoms with Crippen LogP contribution in [0.1, 0.15) is 63.4 Å². The highest BCUT2D eigenvalue weighted by atomic mass is 16.3. The third-order valence-corrected chi connectivity index (χ3v) is 3.96. The number of unbranched alkanes of at least 4 members (excludes halogenated alkanes) is 1. The Balaban J connectivity index is 2.58. The minimum absolute atomic E-state index is 0.206. The van der Waals surface area contributed by atoms with Gasteiger partial charge in [0, 0.05) is 5.56 Å². The summed E-state index contributed by atoms with van der Waals surface area (Å²) >= 11 is 0. The lowest BCUT2D eigenvalue weighted by Crippen LogP contribution is -2.00. The molecule has 0 saturated carbocycles. The maximum absolute atomic E-state index is 10.1. The molecule has 2 N–H and O–H groups in total. The van der Waals surface area contributed by atoms with Gasteiger partial charge in [-0.25, -0.2) is 0 Å². The SMILES string of the molecule is C=CCC=CCC=CCCC(CCCC)c1c(O)cccc1O. The fourth-order valence-corrected chi connectivity index (χ4v) is 2.72. The zero-order valence-corrected chi connectivity index (χ0v) is 14.2. The topological polar surface area (TPSA) is 40.5 Å². The molecule has 0 aliphatic carbocycles. The predicted octanol–water partition coefficient (Wildman–Crippen LogP) is 6.23. The molecular formula is C21H30O2. The second-order valence-electron chi connectivity index (χ2n) is 5.83. The molecule has 0 aromatic heterocycles. The van der Waals surface area contributed by atoms with E-state index in [1.807, 2.05) is 6.08 Å². The maximum atomic E-state index is 10.1. The van der Waals surface area contributed by atoms with Crippen molar-refractivity contribution in [3.8, 4) is 11.5 Å². The molecule has 1 unspecified atom stereocenters. The molecule has 0 spiro atoms. The third kappa shape index (κ3) is 7.23. The number of aromatic hydroxyl groups is 2. The van der Waals surface area contributed by atoms with Crippen LogP contribution in [0.4, 0.5) is 0 Å². The molecule has 2 nitrogen and oxygen atoms in total. The second kappa shape index (κ2) is 11.6. The van der Waals surface area contributed by atoms with E-state index in [-0.39, 0.29) is 17.4 Å². The minimum Gasteiger partial charge on any atom is -0.508 e. The van der Waals surface area contributed by atoms with Gasteiger partial charge in [0.05, 0.1) is 0 Å². The van der Waals surface area contributed by atoms with E-state index in [4.69, 9.17) is 0 Å². The molecule has 126 valence electrons. The van der Waals surface area contributed by atoms with E-state index in [2.05, 4.69) is 37.8 Å². The van der Waals surface area contributed by atoms with Gasteiger partial charge in [-0.3, -0.25) is 0 Å². The smallest absolute Gasteiger partial charge is 0.122 e. The standard InChI is InChI=1S/C21H30O2/c1-3-5-7-8-9-10-11-12-15-18(14-6-4-2)21-19(22)16-13-17-20(21)23/h3,7-8,10-11,13,16-18,22-23H,1,4-6,9,12,14-15H2,2H3. The molecule has 1 atom stereocenters. The molecule has 0 aliphatic heterocycles. The van der Waals surface area contributed by atoms with Gasteiger partial charge in [-0.2, -0.15) is 0 Å². The predicted molar refractivity (Wildman–Crippen MR) is 99.0 cm³/mol. The Bertz CT molecular complexity index is 494. The molecule has 0 bridgehead atoms.